The predicted octanol–water partition coefficient (Wildman–Crippen LogP) is 2.89. The number of hydrogen-bond acceptors (Lipinski definition) is 3. The molecular weight excluding hydrogens is 256 g/mol. The lowest BCUT2D eigenvalue weighted by atomic mass is 10.2. The Hall–Kier alpha value is -1.88. The van der Waals surface area contributed by atoms with Crippen molar-refractivity contribution in [1.29, 1.82) is 0 Å². The van der Waals surface area contributed by atoms with E-state index in [2.05, 4.69) is 23.4 Å². The van der Waals surface area contributed by atoms with Crippen molar-refractivity contribution < 1.29 is 14.6 Å². The summed E-state index contributed by atoms with van der Waals surface area (Å²) in [6, 6.07) is 5.18. The molecule has 1 aromatic heterocycles. The quantitative estimate of drug-likeness (QED) is 0.881. The average molecular weight is 276 g/mol. The van der Waals surface area contributed by atoms with Crippen molar-refractivity contribution in [3.05, 3.63) is 29.6 Å². The van der Waals surface area contributed by atoms with Gasteiger partial charge in [-0.25, -0.2) is 9.78 Å². The number of ether oxygens (including phenoxy) is 1. The number of rotatable bonds is 6. The maximum Gasteiger partial charge on any atom is 0.335 e. The fraction of sp³-hybridized carbons (Fsp3) is 0.467. The van der Waals surface area contributed by atoms with E-state index in [0.29, 0.717) is 6.61 Å². The Balaban J connectivity index is 2.60. The van der Waals surface area contributed by atoms with Gasteiger partial charge in [0.1, 0.15) is 5.82 Å². The van der Waals surface area contributed by atoms with Gasteiger partial charge in [0.25, 0.3) is 0 Å². The molecule has 5 heteroatoms. The monoisotopic (exact) mass is 276 g/mol. The number of methoxy groups -OCH3 is 1. The van der Waals surface area contributed by atoms with Gasteiger partial charge in [-0.05, 0) is 31.5 Å². The third kappa shape index (κ3) is 2.67. The van der Waals surface area contributed by atoms with Gasteiger partial charge in [0.15, 0.2) is 0 Å². The smallest absolute Gasteiger partial charge is 0.335 e. The standard InChI is InChI=1S/C15H20N2O3/c1-4-5-14-16-12-7-6-11(15(18)19)8-13(12)17(14)10(2)9-20-3/h6-8,10H,4-5,9H2,1-3H3,(H,18,19). The molecule has 1 aromatic carbocycles. The molecular formula is C15H20N2O3. The van der Waals surface area contributed by atoms with Gasteiger partial charge < -0.3 is 14.4 Å². The van der Waals surface area contributed by atoms with E-state index in [4.69, 9.17) is 9.84 Å². The summed E-state index contributed by atoms with van der Waals surface area (Å²) < 4.78 is 7.31. The number of imidazole rings is 1. The minimum Gasteiger partial charge on any atom is -0.478 e. The van der Waals surface area contributed by atoms with Crippen LogP contribution >= 0.6 is 0 Å². The summed E-state index contributed by atoms with van der Waals surface area (Å²) in [4.78, 5) is 15.8. The van der Waals surface area contributed by atoms with Crippen LogP contribution in [0.25, 0.3) is 11.0 Å². The fourth-order valence-electron chi connectivity index (χ4n) is 2.48. The Morgan fingerprint density at radius 2 is 2.25 bits per heavy atom. The summed E-state index contributed by atoms with van der Waals surface area (Å²) >= 11 is 0. The summed E-state index contributed by atoms with van der Waals surface area (Å²) in [5.74, 6) is 0.0608. The minimum absolute atomic E-state index is 0.121. The van der Waals surface area contributed by atoms with E-state index in [1.807, 2.05) is 0 Å². The molecule has 1 unspecified atom stereocenters. The average Bonchev–Trinajstić information content (AvgIpc) is 2.76. The van der Waals surface area contributed by atoms with Crippen LogP contribution in [0.15, 0.2) is 18.2 Å². The van der Waals surface area contributed by atoms with Crippen molar-refractivity contribution >= 4 is 17.0 Å². The van der Waals surface area contributed by atoms with E-state index in [9.17, 15) is 4.79 Å². The second-order valence-corrected chi connectivity index (χ2v) is 4.96. The molecule has 1 heterocycles. The lowest BCUT2D eigenvalue weighted by Crippen LogP contribution is -2.14. The molecule has 2 rings (SSSR count). The van der Waals surface area contributed by atoms with E-state index in [1.165, 1.54) is 0 Å². The number of nitrogens with zero attached hydrogens (tertiary/aromatic N) is 2. The topological polar surface area (TPSA) is 64.3 Å². The molecule has 0 saturated heterocycles. The summed E-state index contributed by atoms with van der Waals surface area (Å²) in [6.07, 6.45) is 1.86. The second kappa shape index (κ2) is 6.05. The van der Waals surface area contributed by atoms with Crippen LogP contribution in [0.2, 0.25) is 0 Å². The predicted molar refractivity (Wildman–Crippen MR) is 77.3 cm³/mol. The highest BCUT2D eigenvalue weighted by atomic mass is 16.5. The first-order valence-corrected chi connectivity index (χ1v) is 6.81. The van der Waals surface area contributed by atoms with Gasteiger partial charge in [0.05, 0.1) is 29.2 Å². The van der Waals surface area contributed by atoms with Crippen LogP contribution in [0.3, 0.4) is 0 Å². The first kappa shape index (κ1) is 14.5. The summed E-state index contributed by atoms with van der Waals surface area (Å²) in [5.41, 5.74) is 1.98. The normalized spacial score (nSPS) is 12.8. The summed E-state index contributed by atoms with van der Waals surface area (Å²) in [7, 11) is 1.66. The van der Waals surface area contributed by atoms with Gasteiger partial charge in [0.2, 0.25) is 0 Å². The lowest BCUT2D eigenvalue weighted by Gasteiger charge is -2.16. The highest BCUT2D eigenvalue weighted by Gasteiger charge is 2.16. The zero-order valence-corrected chi connectivity index (χ0v) is 12.1. The molecule has 0 aliphatic heterocycles. The fourth-order valence-corrected chi connectivity index (χ4v) is 2.48. The lowest BCUT2D eigenvalue weighted by molar-refractivity contribution is 0.0697. The van der Waals surface area contributed by atoms with Gasteiger partial charge in [-0.15, -0.1) is 0 Å². The Morgan fingerprint density at radius 1 is 1.50 bits per heavy atom. The maximum absolute atomic E-state index is 11.1. The summed E-state index contributed by atoms with van der Waals surface area (Å²) in [5, 5.41) is 9.13. The first-order valence-electron chi connectivity index (χ1n) is 6.81. The third-order valence-corrected chi connectivity index (χ3v) is 3.33. The molecule has 0 fully saturated rings. The largest absolute Gasteiger partial charge is 0.478 e. The molecule has 1 N–H and O–H groups in total. The molecule has 2 aromatic rings. The second-order valence-electron chi connectivity index (χ2n) is 4.96. The number of aromatic carboxylic acids is 1. The van der Waals surface area contributed by atoms with E-state index >= 15 is 0 Å². The van der Waals surface area contributed by atoms with Crippen molar-refractivity contribution in [2.75, 3.05) is 13.7 Å². The third-order valence-electron chi connectivity index (χ3n) is 3.33. The van der Waals surface area contributed by atoms with Crippen LogP contribution < -0.4 is 0 Å². The molecule has 20 heavy (non-hydrogen) atoms. The van der Waals surface area contributed by atoms with Crippen LogP contribution in [0.5, 0.6) is 0 Å². The Bertz CT molecular complexity index is 619. The number of aromatic nitrogens is 2. The highest BCUT2D eigenvalue weighted by molar-refractivity contribution is 5.92. The van der Waals surface area contributed by atoms with Crippen molar-refractivity contribution in [3.63, 3.8) is 0 Å². The van der Waals surface area contributed by atoms with Crippen LogP contribution in [0.4, 0.5) is 0 Å². The number of carboxylic acid groups (broad SMARTS) is 1. The summed E-state index contributed by atoms with van der Waals surface area (Å²) in [6.45, 7) is 4.73. The maximum atomic E-state index is 11.1. The van der Waals surface area contributed by atoms with Crippen LogP contribution in [0, 0.1) is 0 Å². The van der Waals surface area contributed by atoms with Crippen molar-refractivity contribution in [2.45, 2.75) is 32.7 Å². The zero-order valence-electron chi connectivity index (χ0n) is 12.1. The number of hydrogen-bond donors (Lipinski definition) is 1. The number of aryl methyl sites for hydroxylation is 1. The molecule has 108 valence electrons. The Kier molecular flexibility index (Phi) is 4.39. The van der Waals surface area contributed by atoms with E-state index in [0.717, 1.165) is 29.7 Å². The van der Waals surface area contributed by atoms with Crippen LogP contribution in [-0.4, -0.2) is 34.3 Å². The number of fused-ring (bicyclic) bond motifs is 1. The first-order chi connectivity index (χ1) is 9.58. The molecule has 0 aliphatic carbocycles. The van der Waals surface area contributed by atoms with Gasteiger partial charge in [0, 0.05) is 13.5 Å². The highest BCUT2D eigenvalue weighted by Crippen LogP contribution is 2.23. The van der Waals surface area contributed by atoms with Crippen LogP contribution in [-0.2, 0) is 11.2 Å². The van der Waals surface area contributed by atoms with Crippen LogP contribution in [0.1, 0.15) is 42.5 Å². The number of benzene rings is 1. The van der Waals surface area contributed by atoms with Gasteiger partial charge in [-0.1, -0.05) is 6.92 Å². The SMILES string of the molecule is CCCc1nc2ccc(C(=O)O)cc2n1C(C)COC. The van der Waals surface area contributed by atoms with Gasteiger partial charge in [-0.2, -0.15) is 0 Å². The number of carbonyl (C=O) groups is 1. The van der Waals surface area contributed by atoms with E-state index in [-0.39, 0.29) is 11.6 Å². The van der Waals surface area contributed by atoms with E-state index in [1.54, 1.807) is 25.3 Å². The molecule has 1 atom stereocenters. The zero-order chi connectivity index (χ0) is 14.7. The molecule has 0 radical (unpaired) electrons. The molecule has 0 spiro atoms. The Labute approximate surface area is 118 Å². The van der Waals surface area contributed by atoms with Crippen molar-refractivity contribution in [1.82, 2.24) is 9.55 Å². The molecule has 0 amide bonds. The van der Waals surface area contributed by atoms with E-state index < -0.39 is 5.97 Å². The molecule has 5 nitrogen and oxygen atoms in total. The molecule has 0 saturated carbocycles. The minimum atomic E-state index is -0.920. The Morgan fingerprint density at radius 3 is 2.85 bits per heavy atom. The van der Waals surface area contributed by atoms with Gasteiger partial charge >= 0.3 is 5.97 Å². The van der Waals surface area contributed by atoms with Gasteiger partial charge in [-0.3, -0.25) is 0 Å². The van der Waals surface area contributed by atoms with Crippen molar-refractivity contribution in [3.8, 4) is 0 Å². The van der Waals surface area contributed by atoms with Crippen molar-refractivity contribution in [2.24, 2.45) is 0 Å². The number of carboxylic acids is 1. The molecule has 0 aliphatic rings. The molecule has 0 bridgehead atoms.